The van der Waals surface area contributed by atoms with Gasteiger partial charge in [-0.3, -0.25) is 0 Å². The molecule has 18 heavy (non-hydrogen) atoms. The molecule has 0 amide bonds. The Kier molecular flexibility index (Phi) is 13.2. The normalized spacial score (nSPS) is 9.78. The van der Waals surface area contributed by atoms with Gasteiger partial charge >= 0.3 is 0 Å². The lowest BCUT2D eigenvalue weighted by Gasteiger charge is -2.02. The van der Waals surface area contributed by atoms with Crippen LogP contribution in [0.1, 0.15) is 58.9 Å². The molecule has 0 atom stereocenters. The first-order valence-corrected chi connectivity index (χ1v) is 7.11. The Balaban J connectivity index is 0. The summed E-state index contributed by atoms with van der Waals surface area (Å²) in [5.41, 5.74) is 2.19. The standard InChI is InChI=1S/C11H15NOS.2C2H6/c1-4-6-9(7-5-2)10-8(3)13-11(14)12-10;2*1-2/h4,6H,1,5,7H2,2-3H3,(H,12,14);2*1-2H3/b9-6-;;. The largest absolute Gasteiger partial charge is 0.434 e. The SMILES string of the molecule is C=C/C=C(/CCC)c1[nH]c(=S)oc1C.CC.CC. The number of aryl methyl sites for hydroxylation is 1. The predicted octanol–water partition coefficient (Wildman–Crippen LogP) is 6.07. The second-order valence-corrected chi connectivity index (χ2v) is 3.49. The number of H-pyrrole nitrogens is 1. The lowest BCUT2D eigenvalue weighted by atomic mass is 10.1. The first-order chi connectivity index (χ1) is 8.69. The molecule has 104 valence electrons. The lowest BCUT2D eigenvalue weighted by molar-refractivity contribution is 0.510. The smallest absolute Gasteiger partial charge is 0.266 e. The van der Waals surface area contributed by atoms with Crippen LogP contribution in [0.4, 0.5) is 0 Å². The van der Waals surface area contributed by atoms with Crippen LogP contribution in [0.5, 0.6) is 0 Å². The number of allylic oxidation sites excluding steroid dienone is 3. The zero-order valence-electron chi connectivity index (χ0n) is 12.6. The van der Waals surface area contributed by atoms with E-state index in [-0.39, 0.29) is 0 Å². The van der Waals surface area contributed by atoms with Crippen LogP contribution in [-0.4, -0.2) is 4.98 Å². The molecule has 2 nitrogen and oxygen atoms in total. The van der Waals surface area contributed by atoms with E-state index in [0.717, 1.165) is 24.3 Å². The van der Waals surface area contributed by atoms with Gasteiger partial charge in [0.1, 0.15) is 5.76 Å². The summed E-state index contributed by atoms with van der Waals surface area (Å²) in [6.45, 7) is 15.7. The molecule has 0 bridgehead atoms. The zero-order chi connectivity index (χ0) is 14.6. The maximum Gasteiger partial charge on any atom is 0.266 e. The molecule has 0 fully saturated rings. The van der Waals surface area contributed by atoms with Gasteiger partial charge in [-0.15, -0.1) is 0 Å². The number of oxazole rings is 1. The highest BCUT2D eigenvalue weighted by Gasteiger charge is 2.07. The highest BCUT2D eigenvalue weighted by Crippen LogP contribution is 2.22. The molecule has 0 unspecified atom stereocenters. The fourth-order valence-corrected chi connectivity index (χ4v) is 1.64. The Morgan fingerprint density at radius 3 is 2.22 bits per heavy atom. The minimum absolute atomic E-state index is 0.434. The lowest BCUT2D eigenvalue weighted by Crippen LogP contribution is -1.87. The summed E-state index contributed by atoms with van der Waals surface area (Å²) in [4.78, 5) is 3.48. The predicted molar refractivity (Wildman–Crippen MR) is 84.4 cm³/mol. The maximum atomic E-state index is 5.27. The molecular weight excluding hydrogens is 242 g/mol. The van der Waals surface area contributed by atoms with Gasteiger partial charge in [0.2, 0.25) is 0 Å². The van der Waals surface area contributed by atoms with Gasteiger partial charge in [0, 0.05) is 0 Å². The molecule has 0 spiro atoms. The fraction of sp³-hybridized carbons (Fsp3) is 0.533. The highest BCUT2D eigenvalue weighted by molar-refractivity contribution is 7.71. The molecule has 0 aliphatic rings. The Labute approximate surface area is 117 Å². The Morgan fingerprint density at radius 2 is 1.89 bits per heavy atom. The summed E-state index contributed by atoms with van der Waals surface area (Å²) in [5.74, 6) is 0.844. The maximum absolute atomic E-state index is 5.27. The van der Waals surface area contributed by atoms with Crippen molar-refractivity contribution in [3.8, 4) is 0 Å². The Hall–Kier alpha value is -1.09. The minimum atomic E-state index is 0.434. The fourth-order valence-electron chi connectivity index (χ4n) is 1.42. The molecule has 0 aromatic carbocycles. The van der Waals surface area contributed by atoms with E-state index in [0.29, 0.717) is 4.84 Å². The third-order valence-electron chi connectivity index (χ3n) is 1.98. The van der Waals surface area contributed by atoms with Gasteiger partial charge in [-0.25, -0.2) is 0 Å². The van der Waals surface area contributed by atoms with E-state index in [2.05, 4.69) is 18.5 Å². The molecule has 0 saturated heterocycles. The second-order valence-electron chi connectivity index (χ2n) is 3.12. The van der Waals surface area contributed by atoms with Gasteiger partial charge in [0.15, 0.2) is 0 Å². The van der Waals surface area contributed by atoms with E-state index < -0.39 is 0 Å². The van der Waals surface area contributed by atoms with Crippen molar-refractivity contribution in [3.63, 3.8) is 0 Å². The molecule has 1 N–H and O–H groups in total. The van der Waals surface area contributed by atoms with Crippen LogP contribution in [0.25, 0.3) is 5.57 Å². The number of aromatic nitrogens is 1. The summed E-state index contributed by atoms with van der Waals surface area (Å²) in [6.07, 6.45) is 5.86. The molecule has 1 aromatic rings. The number of hydrogen-bond donors (Lipinski definition) is 1. The molecule has 1 aromatic heterocycles. The molecular formula is C15H27NOS. The van der Waals surface area contributed by atoms with Gasteiger partial charge in [-0.2, -0.15) is 0 Å². The topological polar surface area (TPSA) is 28.9 Å². The third-order valence-corrected chi connectivity index (χ3v) is 2.17. The zero-order valence-corrected chi connectivity index (χ0v) is 13.4. The number of nitrogens with one attached hydrogen (secondary N) is 1. The monoisotopic (exact) mass is 269 g/mol. The molecule has 0 radical (unpaired) electrons. The molecule has 1 rings (SSSR count). The van der Waals surface area contributed by atoms with Crippen LogP contribution >= 0.6 is 12.2 Å². The number of hydrogen-bond acceptors (Lipinski definition) is 2. The van der Waals surface area contributed by atoms with Crippen molar-refractivity contribution in [2.24, 2.45) is 0 Å². The van der Waals surface area contributed by atoms with Crippen LogP contribution in [-0.2, 0) is 0 Å². The van der Waals surface area contributed by atoms with E-state index in [4.69, 9.17) is 16.6 Å². The summed E-state index contributed by atoms with van der Waals surface area (Å²) >= 11 is 4.93. The van der Waals surface area contributed by atoms with Crippen LogP contribution in [0.2, 0.25) is 0 Å². The van der Waals surface area contributed by atoms with Crippen molar-refractivity contribution in [3.05, 3.63) is 35.0 Å². The van der Waals surface area contributed by atoms with E-state index in [1.54, 1.807) is 6.08 Å². The van der Waals surface area contributed by atoms with Crippen molar-refractivity contribution in [2.75, 3.05) is 0 Å². The van der Waals surface area contributed by atoms with Gasteiger partial charge in [-0.05, 0) is 31.1 Å². The van der Waals surface area contributed by atoms with E-state index in [9.17, 15) is 0 Å². The summed E-state index contributed by atoms with van der Waals surface area (Å²) in [7, 11) is 0. The van der Waals surface area contributed by atoms with Crippen molar-refractivity contribution in [1.29, 1.82) is 0 Å². The van der Waals surface area contributed by atoms with E-state index >= 15 is 0 Å². The van der Waals surface area contributed by atoms with Crippen LogP contribution in [0, 0.1) is 11.8 Å². The molecule has 1 heterocycles. The molecule has 3 heteroatoms. The average molecular weight is 269 g/mol. The van der Waals surface area contributed by atoms with Crippen molar-refractivity contribution < 1.29 is 4.42 Å². The van der Waals surface area contributed by atoms with Crippen molar-refractivity contribution in [2.45, 2.75) is 54.4 Å². The molecule has 0 saturated carbocycles. The number of rotatable bonds is 4. The Bertz CT molecular complexity index is 399. The van der Waals surface area contributed by atoms with Gasteiger partial charge in [-0.1, -0.05) is 59.8 Å². The quantitative estimate of drug-likeness (QED) is 0.531. The Morgan fingerprint density at radius 1 is 1.33 bits per heavy atom. The van der Waals surface area contributed by atoms with Crippen LogP contribution < -0.4 is 0 Å². The van der Waals surface area contributed by atoms with Crippen molar-refractivity contribution in [1.82, 2.24) is 4.98 Å². The van der Waals surface area contributed by atoms with E-state index in [1.165, 1.54) is 5.57 Å². The summed E-state index contributed by atoms with van der Waals surface area (Å²) in [6, 6.07) is 0. The first-order valence-electron chi connectivity index (χ1n) is 6.70. The highest BCUT2D eigenvalue weighted by atomic mass is 32.1. The van der Waals surface area contributed by atoms with Gasteiger partial charge in [0.25, 0.3) is 4.84 Å². The molecule has 0 aliphatic heterocycles. The number of aromatic amines is 1. The van der Waals surface area contributed by atoms with Crippen LogP contribution in [0.15, 0.2) is 23.1 Å². The van der Waals surface area contributed by atoms with Crippen LogP contribution in [0.3, 0.4) is 0 Å². The van der Waals surface area contributed by atoms with E-state index in [1.807, 2.05) is 40.7 Å². The first kappa shape index (κ1) is 19.3. The minimum Gasteiger partial charge on any atom is -0.434 e. The summed E-state index contributed by atoms with van der Waals surface area (Å²) in [5, 5.41) is 0. The second kappa shape index (κ2) is 12.4. The third kappa shape index (κ3) is 6.60. The average Bonchev–Trinajstić information content (AvgIpc) is 2.73. The molecule has 0 aliphatic carbocycles. The van der Waals surface area contributed by atoms with Gasteiger partial charge < -0.3 is 9.40 Å². The summed E-state index contributed by atoms with van der Waals surface area (Å²) < 4.78 is 5.27. The van der Waals surface area contributed by atoms with Gasteiger partial charge in [0.05, 0.1) is 5.69 Å². The van der Waals surface area contributed by atoms with Crippen molar-refractivity contribution >= 4 is 17.8 Å².